The quantitative estimate of drug-likeness (QED) is 0.798. The fraction of sp³-hybridized carbons (Fsp3) is 1.00. The van der Waals surface area contributed by atoms with Gasteiger partial charge < -0.3 is 5.73 Å². The lowest BCUT2D eigenvalue weighted by Gasteiger charge is -2.45. The van der Waals surface area contributed by atoms with Crippen LogP contribution in [0.1, 0.15) is 59.3 Å². The molecule has 3 saturated carbocycles. The first kappa shape index (κ1) is 13.9. The van der Waals surface area contributed by atoms with E-state index in [-0.39, 0.29) is 0 Å². The zero-order valence-electron chi connectivity index (χ0n) is 13.1. The second-order valence-electron chi connectivity index (χ2n) is 8.55. The zero-order chi connectivity index (χ0) is 13.7. The molecule has 0 heterocycles. The van der Waals surface area contributed by atoms with Crippen LogP contribution in [0.25, 0.3) is 0 Å². The van der Waals surface area contributed by atoms with Gasteiger partial charge in [0.05, 0.1) is 0 Å². The molecule has 2 nitrogen and oxygen atoms in total. The van der Waals surface area contributed by atoms with Crippen molar-refractivity contribution >= 4 is 0 Å². The number of hydrogen-bond donors (Lipinski definition) is 1. The van der Waals surface area contributed by atoms with Gasteiger partial charge in [0.1, 0.15) is 0 Å². The number of nitrogens with zero attached hydrogens (tertiary/aromatic N) is 1. The van der Waals surface area contributed by atoms with Gasteiger partial charge in [0.2, 0.25) is 0 Å². The van der Waals surface area contributed by atoms with Crippen molar-refractivity contribution in [3.8, 4) is 0 Å². The minimum absolute atomic E-state index is 0.300. The zero-order valence-corrected chi connectivity index (χ0v) is 13.1. The molecule has 2 atom stereocenters. The number of hydrogen-bond acceptors (Lipinski definition) is 2. The predicted octanol–water partition coefficient (Wildman–Crippen LogP) is 3.26. The molecule has 3 rings (SSSR count). The third-order valence-corrected chi connectivity index (χ3v) is 5.90. The molecule has 0 spiro atoms. The van der Waals surface area contributed by atoms with Crippen LogP contribution >= 0.6 is 0 Å². The van der Waals surface area contributed by atoms with E-state index < -0.39 is 0 Å². The van der Waals surface area contributed by atoms with Gasteiger partial charge in [0.15, 0.2) is 0 Å². The summed E-state index contributed by atoms with van der Waals surface area (Å²) in [6.07, 6.45) is 8.48. The molecule has 3 aliphatic carbocycles. The summed E-state index contributed by atoms with van der Waals surface area (Å²) in [5, 5.41) is 0. The third-order valence-electron chi connectivity index (χ3n) is 5.90. The first-order valence-corrected chi connectivity index (χ1v) is 8.40. The Bertz CT molecular complexity index is 316. The van der Waals surface area contributed by atoms with Gasteiger partial charge in [-0.25, -0.2) is 0 Å². The molecule has 0 amide bonds. The summed E-state index contributed by atoms with van der Waals surface area (Å²) in [6, 6.07) is 0. The minimum atomic E-state index is 0.300. The lowest BCUT2D eigenvalue weighted by atomic mass is 9.84. The summed E-state index contributed by atoms with van der Waals surface area (Å²) < 4.78 is 0. The molecule has 2 N–H and O–H groups in total. The van der Waals surface area contributed by atoms with E-state index in [0.717, 1.165) is 24.3 Å². The number of rotatable bonds is 6. The molecule has 0 aromatic carbocycles. The third kappa shape index (κ3) is 2.85. The summed E-state index contributed by atoms with van der Waals surface area (Å²) in [5.74, 6) is 2.72. The highest BCUT2D eigenvalue weighted by molar-refractivity contribution is 5.07. The van der Waals surface area contributed by atoms with E-state index >= 15 is 0 Å². The van der Waals surface area contributed by atoms with Crippen molar-refractivity contribution in [2.45, 2.75) is 64.8 Å². The first-order chi connectivity index (χ1) is 8.95. The van der Waals surface area contributed by atoms with Gasteiger partial charge in [-0.2, -0.15) is 0 Å². The Labute approximate surface area is 119 Å². The molecule has 110 valence electrons. The molecule has 0 aromatic heterocycles. The van der Waals surface area contributed by atoms with Crippen molar-refractivity contribution in [2.75, 3.05) is 19.6 Å². The van der Waals surface area contributed by atoms with E-state index in [1.54, 1.807) is 0 Å². The van der Waals surface area contributed by atoms with Crippen LogP contribution in [-0.2, 0) is 0 Å². The molecule has 0 saturated heterocycles. The Morgan fingerprint density at radius 2 is 1.58 bits per heavy atom. The lowest BCUT2D eigenvalue weighted by Crippen LogP contribution is -2.57. The molecule has 0 bridgehead atoms. The summed E-state index contributed by atoms with van der Waals surface area (Å²) in [4.78, 5) is 2.85. The molecular weight excluding hydrogens is 232 g/mol. The van der Waals surface area contributed by atoms with Gasteiger partial charge in [-0.1, -0.05) is 20.8 Å². The maximum atomic E-state index is 6.33. The summed E-state index contributed by atoms with van der Waals surface area (Å²) >= 11 is 0. The maximum absolute atomic E-state index is 6.33. The van der Waals surface area contributed by atoms with E-state index in [9.17, 15) is 0 Å². The van der Waals surface area contributed by atoms with E-state index in [1.807, 2.05) is 0 Å². The van der Waals surface area contributed by atoms with Crippen LogP contribution in [0.15, 0.2) is 0 Å². The molecule has 3 aliphatic rings. The van der Waals surface area contributed by atoms with E-state index in [0.29, 0.717) is 11.0 Å². The van der Waals surface area contributed by atoms with Crippen LogP contribution in [0.4, 0.5) is 0 Å². The van der Waals surface area contributed by atoms with Crippen molar-refractivity contribution in [1.29, 1.82) is 0 Å². The molecule has 0 aromatic rings. The Hall–Kier alpha value is -0.0800. The standard InChI is InChI=1S/C17H32N2/c1-13-8-16(2,3)11-17(13,12-18)19(9-14-4-5-14)10-15-6-7-15/h13-15H,4-12,18H2,1-3H3. The average molecular weight is 264 g/mol. The van der Waals surface area contributed by atoms with Crippen molar-refractivity contribution < 1.29 is 0 Å². The Kier molecular flexibility index (Phi) is 3.46. The van der Waals surface area contributed by atoms with Gasteiger partial charge in [-0.05, 0) is 61.7 Å². The molecular formula is C17H32N2. The second kappa shape index (κ2) is 4.73. The maximum Gasteiger partial charge on any atom is 0.0362 e. The lowest BCUT2D eigenvalue weighted by molar-refractivity contribution is 0.0494. The highest BCUT2D eigenvalue weighted by Gasteiger charge is 2.52. The monoisotopic (exact) mass is 264 g/mol. The van der Waals surface area contributed by atoms with Crippen molar-refractivity contribution in [1.82, 2.24) is 4.90 Å². The number of nitrogens with two attached hydrogens (primary N) is 1. The van der Waals surface area contributed by atoms with E-state index in [2.05, 4.69) is 25.7 Å². The van der Waals surface area contributed by atoms with E-state index in [4.69, 9.17) is 5.73 Å². The summed E-state index contributed by atoms with van der Waals surface area (Å²) in [5.41, 5.74) is 7.11. The van der Waals surface area contributed by atoms with Gasteiger partial charge in [-0.15, -0.1) is 0 Å². The molecule has 19 heavy (non-hydrogen) atoms. The highest BCUT2D eigenvalue weighted by atomic mass is 15.2. The largest absolute Gasteiger partial charge is 0.329 e. The van der Waals surface area contributed by atoms with Gasteiger partial charge in [0.25, 0.3) is 0 Å². The Balaban J connectivity index is 1.79. The van der Waals surface area contributed by atoms with Crippen LogP contribution in [0.5, 0.6) is 0 Å². The fourth-order valence-electron chi connectivity index (χ4n) is 4.58. The Morgan fingerprint density at radius 3 is 1.89 bits per heavy atom. The molecule has 0 radical (unpaired) electrons. The topological polar surface area (TPSA) is 29.3 Å². The molecule has 0 aliphatic heterocycles. The molecule has 3 fully saturated rings. The van der Waals surface area contributed by atoms with Crippen LogP contribution in [0.3, 0.4) is 0 Å². The predicted molar refractivity (Wildman–Crippen MR) is 81.0 cm³/mol. The highest BCUT2D eigenvalue weighted by Crippen LogP contribution is 2.51. The van der Waals surface area contributed by atoms with Crippen LogP contribution in [-0.4, -0.2) is 30.1 Å². The van der Waals surface area contributed by atoms with Crippen molar-refractivity contribution in [2.24, 2.45) is 28.9 Å². The van der Waals surface area contributed by atoms with Crippen LogP contribution in [0, 0.1) is 23.2 Å². The van der Waals surface area contributed by atoms with Crippen LogP contribution in [0.2, 0.25) is 0 Å². The minimum Gasteiger partial charge on any atom is -0.329 e. The van der Waals surface area contributed by atoms with Gasteiger partial charge in [0, 0.05) is 25.2 Å². The average Bonchev–Trinajstić information content (AvgIpc) is 3.19. The Morgan fingerprint density at radius 1 is 1.05 bits per heavy atom. The fourth-order valence-corrected chi connectivity index (χ4v) is 4.58. The SMILES string of the molecule is CC1CC(C)(C)CC1(CN)N(CC1CC1)CC1CC1. The summed E-state index contributed by atoms with van der Waals surface area (Å²) in [7, 11) is 0. The molecule has 2 unspecified atom stereocenters. The van der Waals surface area contributed by atoms with Gasteiger partial charge in [-0.3, -0.25) is 4.90 Å². The van der Waals surface area contributed by atoms with Gasteiger partial charge >= 0.3 is 0 Å². The van der Waals surface area contributed by atoms with Crippen LogP contribution < -0.4 is 5.73 Å². The smallest absolute Gasteiger partial charge is 0.0362 e. The first-order valence-electron chi connectivity index (χ1n) is 8.40. The van der Waals surface area contributed by atoms with Crippen molar-refractivity contribution in [3.05, 3.63) is 0 Å². The molecule has 2 heteroatoms. The van der Waals surface area contributed by atoms with E-state index in [1.165, 1.54) is 51.6 Å². The second-order valence-corrected chi connectivity index (χ2v) is 8.55. The van der Waals surface area contributed by atoms with Crippen molar-refractivity contribution in [3.63, 3.8) is 0 Å². The normalized spacial score (nSPS) is 38.1. The summed E-state index contributed by atoms with van der Waals surface area (Å²) in [6.45, 7) is 10.8.